The standard InChI is InChI=1S/C26H21ClF3N3O3S/c1-15(25(34)21-8-5-9-24(27)32-21)20-13-18(17-6-4-7-19(12-17)37(3,35)36)10-11-22(20)33-14-23(26(28,29)30)31-16(33)2/h4-14,34H,1-3H3/b25-15+. The van der Waals surface area contributed by atoms with Crippen LogP contribution in [0, 0.1) is 6.92 Å². The first kappa shape index (κ1) is 26.4. The molecule has 0 fully saturated rings. The molecule has 0 unspecified atom stereocenters. The number of sulfone groups is 1. The number of alkyl halides is 3. The monoisotopic (exact) mass is 547 g/mol. The molecule has 0 radical (unpaired) electrons. The van der Waals surface area contributed by atoms with E-state index in [-0.39, 0.29) is 27.3 Å². The maximum absolute atomic E-state index is 13.4. The third kappa shape index (κ3) is 5.55. The summed E-state index contributed by atoms with van der Waals surface area (Å²) in [5.41, 5.74) is 1.31. The number of allylic oxidation sites excluding steroid dienone is 1. The third-order valence-electron chi connectivity index (χ3n) is 5.74. The van der Waals surface area contributed by atoms with Crippen LogP contribution in [0.25, 0.3) is 28.1 Å². The number of nitrogens with zero attached hydrogens (tertiary/aromatic N) is 3. The van der Waals surface area contributed by atoms with Gasteiger partial charge >= 0.3 is 6.18 Å². The Morgan fingerprint density at radius 3 is 2.30 bits per heavy atom. The van der Waals surface area contributed by atoms with Crippen LogP contribution in [0.5, 0.6) is 0 Å². The van der Waals surface area contributed by atoms with Gasteiger partial charge in [0.1, 0.15) is 22.4 Å². The molecule has 1 N–H and O–H groups in total. The normalized spacial score (nSPS) is 12.9. The number of benzene rings is 2. The van der Waals surface area contributed by atoms with Crippen LogP contribution in [0.15, 0.2) is 71.8 Å². The lowest BCUT2D eigenvalue weighted by molar-refractivity contribution is -0.141. The maximum atomic E-state index is 13.4. The van der Waals surface area contributed by atoms with Gasteiger partial charge in [0.05, 0.1) is 10.6 Å². The van der Waals surface area contributed by atoms with Crippen molar-refractivity contribution >= 4 is 32.8 Å². The second-order valence-electron chi connectivity index (χ2n) is 8.39. The molecule has 0 spiro atoms. The predicted molar refractivity (Wildman–Crippen MR) is 136 cm³/mol. The summed E-state index contributed by atoms with van der Waals surface area (Å²) < 4.78 is 65.5. The molecule has 4 rings (SSSR count). The van der Waals surface area contributed by atoms with E-state index in [0.29, 0.717) is 28.0 Å². The summed E-state index contributed by atoms with van der Waals surface area (Å²) in [5.74, 6) is -0.131. The van der Waals surface area contributed by atoms with Crippen molar-refractivity contribution in [3.63, 3.8) is 0 Å². The van der Waals surface area contributed by atoms with Crippen molar-refractivity contribution in [2.45, 2.75) is 24.9 Å². The minimum atomic E-state index is -4.64. The summed E-state index contributed by atoms with van der Waals surface area (Å²) in [5, 5.41) is 11.2. The molecule has 37 heavy (non-hydrogen) atoms. The van der Waals surface area contributed by atoms with Gasteiger partial charge in [-0.3, -0.25) is 0 Å². The first-order chi connectivity index (χ1) is 17.3. The molecular formula is C26H21ClF3N3O3S. The minimum Gasteiger partial charge on any atom is -0.505 e. The summed E-state index contributed by atoms with van der Waals surface area (Å²) in [6, 6.07) is 15.9. The van der Waals surface area contributed by atoms with E-state index >= 15 is 0 Å². The number of aromatic nitrogens is 3. The molecular weight excluding hydrogens is 527 g/mol. The summed E-state index contributed by atoms with van der Waals surface area (Å²) in [7, 11) is -3.47. The molecule has 2 aromatic heterocycles. The Hall–Kier alpha value is -3.63. The zero-order chi connectivity index (χ0) is 27.1. The highest BCUT2D eigenvalue weighted by molar-refractivity contribution is 7.90. The third-order valence-corrected chi connectivity index (χ3v) is 7.06. The van der Waals surface area contributed by atoms with Crippen molar-refractivity contribution in [1.82, 2.24) is 14.5 Å². The summed E-state index contributed by atoms with van der Waals surface area (Å²) in [6.07, 6.45) is -2.65. The maximum Gasteiger partial charge on any atom is 0.434 e. The van der Waals surface area contributed by atoms with Crippen molar-refractivity contribution in [3.8, 4) is 16.8 Å². The van der Waals surface area contributed by atoms with E-state index in [0.717, 1.165) is 12.5 Å². The zero-order valence-electron chi connectivity index (χ0n) is 19.9. The number of aryl methyl sites for hydroxylation is 1. The molecule has 0 bridgehead atoms. The summed E-state index contributed by atoms with van der Waals surface area (Å²) in [6.45, 7) is 3.05. The highest BCUT2D eigenvalue weighted by Gasteiger charge is 2.34. The fourth-order valence-electron chi connectivity index (χ4n) is 3.85. The number of pyridine rings is 1. The van der Waals surface area contributed by atoms with E-state index in [1.807, 2.05) is 0 Å². The lowest BCUT2D eigenvalue weighted by atomic mass is 9.96. The van der Waals surface area contributed by atoms with Crippen molar-refractivity contribution in [2.24, 2.45) is 0 Å². The number of halogens is 4. The van der Waals surface area contributed by atoms with Crippen LogP contribution < -0.4 is 0 Å². The quantitative estimate of drug-likeness (QED) is 0.220. The fraction of sp³-hybridized carbons (Fsp3) is 0.154. The van der Waals surface area contributed by atoms with Gasteiger partial charge in [-0.15, -0.1) is 0 Å². The van der Waals surface area contributed by atoms with Gasteiger partial charge in [-0.1, -0.05) is 35.9 Å². The molecule has 0 saturated heterocycles. The molecule has 4 aromatic rings. The summed E-state index contributed by atoms with van der Waals surface area (Å²) in [4.78, 5) is 7.89. The SMILES string of the molecule is C/C(=C(\O)c1cccc(Cl)n1)c1cc(-c2cccc(S(C)(=O)=O)c2)ccc1-n1cc(C(F)(F)F)nc1C. The van der Waals surface area contributed by atoms with Crippen molar-refractivity contribution in [3.05, 3.63) is 94.8 Å². The highest BCUT2D eigenvalue weighted by Crippen LogP contribution is 2.35. The molecule has 0 aliphatic heterocycles. The van der Waals surface area contributed by atoms with E-state index in [2.05, 4.69) is 9.97 Å². The molecule has 192 valence electrons. The van der Waals surface area contributed by atoms with E-state index in [9.17, 15) is 26.7 Å². The van der Waals surface area contributed by atoms with Crippen LogP contribution in [0.2, 0.25) is 5.15 Å². The van der Waals surface area contributed by atoms with Crippen LogP contribution in [-0.2, 0) is 16.0 Å². The number of hydrogen-bond donors (Lipinski definition) is 1. The van der Waals surface area contributed by atoms with Crippen LogP contribution in [0.4, 0.5) is 13.2 Å². The average Bonchev–Trinajstić information content (AvgIpc) is 3.24. The molecule has 0 aliphatic carbocycles. The van der Waals surface area contributed by atoms with Gasteiger partial charge in [-0.05, 0) is 61.4 Å². The van der Waals surface area contributed by atoms with E-state index in [1.54, 1.807) is 55.5 Å². The molecule has 0 atom stereocenters. The highest BCUT2D eigenvalue weighted by atomic mass is 35.5. The first-order valence-electron chi connectivity index (χ1n) is 10.9. The van der Waals surface area contributed by atoms with Crippen molar-refractivity contribution in [1.29, 1.82) is 0 Å². The van der Waals surface area contributed by atoms with Crippen LogP contribution in [0.3, 0.4) is 0 Å². The molecule has 0 saturated carbocycles. The molecule has 0 aliphatic rings. The minimum absolute atomic E-state index is 0.0913. The Morgan fingerprint density at radius 1 is 1.00 bits per heavy atom. The predicted octanol–water partition coefficient (Wildman–Crippen LogP) is 6.76. The number of hydrogen-bond acceptors (Lipinski definition) is 5. The molecule has 0 amide bonds. The molecule has 2 aromatic carbocycles. The van der Waals surface area contributed by atoms with Gasteiger partial charge < -0.3 is 9.67 Å². The lowest BCUT2D eigenvalue weighted by Crippen LogP contribution is -2.05. The first-order valence-corrected chi connectivity index (χ1v) is 13.1. The van der Waals surface area contributed by atoms with E-state index < -0.39 is 21.7 Å². The van der Waals surface area contributed by atoms with Gasteiger partial charge in [0.2, 0.25) is 0 Å². The largest absolute Gasteiger partial charge is 0.505 e. The second kappa shape index (κ2) is 9.68. The summed E-state index contributed by atoms with van der Waals surface area (Å²) >= 11 is 5.98. The number of imidazole rings is 1. The van der Waals surface area contributed by atoms with Crippen molar-refractivity contribution < 1.29 is 26.7 Å². The van der Waals surface area contributed by atoms with Crippen LogP contribution in [0.1, 0.15) is 29.7 Å². The van der Waals surface area contributed by atoms with Crippen LogP contribution >= 0.6 is 11.6 Å². The van der Waals surface area contributed by atoms with Gasteiger partial charge in [-0.25, -0.2) is 18.4 Å². The smallest absolute Gasteiger partial charge is 0.434 e. The van der Waals surface area contributed by atoms with Gasteiger partial charge in [0.15, 0.2) is 15.5 Å². The Balaban J connectivity index is 1.97. The Kier molecular flexibility index (Phi) is 6.91. The average molecular weight is 548 g/mol. The zero-order valence-corrected chi connectivity index (χ0v) is 21.4. The number of aliphatic hydroxyl groups is 1. The van der Waals surface area contributed by atoms with Gasteiger partial charge in [-0.2, -0.15) is 13.2 Å². The topological polar surface area (TPSA) is 85.1 Å². The molecule has 6 nitrogen and oxygen atoms in total. The van der Waals surface area contributed by atoms with Gasteiger partial charge in [0.25, 0.3) is 0 Å². The number of rotatable bonds is 5. The number of aliphatic hydroxyl groups excluding tert-OH is 1. The molecule has 11 heteroatoms. The fourth-order valence-corrected chi connectivity index (χ4v) is 4.68. The second-order valence-corrected chi connectivity index (χ2v) is 10.8. The van der Waals surface area contributed by atoms with Crippen LogP contribution in [-0.4, -0.2) is 34.3 Å². The van der Waals surface area contributed by atoms with E-state index in [1.165, 1.54) is 23.6 Å². The lowest BCUT2D eigenvalue weighted by Gasteiger charge is -2.16. The van der Waals surface area contributed by atoms with E-state index in [4.69, 9.17) is 11.6 Å². The Labute approximate surface area is 216 Å². The van der Waals surface area contributed by atoms with Crippen molar-refractivity contribution in [2.75, 3.05) is 6.26 Å². The molecule has 2 heterocycles. The Bertz CT molecular complexity index is 1640. The van der Waals surface area contributed by atoms with Gasteiger partial charge in [0, 0.05) is 23.6 Å². The Morgan fingerprint density at radius 2 is 1.68 bits per heavy atom.